The number of ether oxygens (including phenoxy) is 1. The second-order valence-electron chi connectivity index (χ2n) is 10.2. The van der Waals surface area contributed by atoms with Crippen LogP contribution in [0.3, 0.4) is 0 Å². The van der Waals surface area contributed by atoms with E-state index in [1.165, 1.54) is 4.90 Å². The van der Waals surface area contributed by atoms with Crippen LogP contribution in [-0.4, -0.2) is 66.6 Å². The highest BCUT2D eigenvalue weighted by Crippen LogP contribution is 2.39. The zero-order chi connectivity index (χ0) is 28.6. The fourth-order valence-electron chi connectivity index (χ4n) is 5.17. The molecule has 0 unspecified atom stereocenters. The van der Waals surface area contributed by atoms with Gasteiger partial charge in [0.05, 0.1) is 24.5 Å². The van der Waals surface area contributed by atoms with Gasteiger partial charge in [-0.3, -0.25) is 29.1 Å². The number of pyridine rings is 1. The molecular formula is C29H36FN5O5. The number of hydrogen-bond acceptors (Lipinski definition) is 6. The highest BCUT2D eigenvalue weighted by atomic mass is 19.1. The molecular weight excluding hydrogens is 517 g/mol. The summed E-state index contributed by atoms with van der Waals surface area (Å²) >= 11 is 0. The molecule has 3 N–H and O–H groups in total. The number of amides is 4. The lowest BCUT2D eigenvalue weighted by Crippen LogP contribution is -2.58. The van der Waals surface area contributed by atoms with E-state index in [0.29, 0.717) is 31.4 Å². The second-order valence-corrected chi connectivity index (χ2v) is 10.2. The molecule has 0 spiro atoms. The number of rotatable bonds is 12. The smallest absolute Gasteiger partial charge is 0.250 e. The lowest BCUT2D eigenvalue weighted by Gasteiger charge is -2.30. The van der Waals surface area contributed by atoms with E-state index in [1.54, 1.807) is 12.3 Å². The maximum absolute atomic E-state index is 13.9. The van der Waals surface area contributed by atoms with Gasteiger partial charge in [0.25, 0.3) is 0 Å². The molecule has 0 fully saturated rings. The van der Waals surface area contributed by atoms with Crippen molar-refractivity contribution in [1.82, 2.24) is 20.9 Å². The van der Waals surface area contributed by atoms with Gasteiger partial charge in [-0.2, -0.15) is 0 Å². The molecule has 4 amide bonds. The Hall–Kier alpha value is -3.86. The number of aryl methyl sites for hydroxylation is 1. The van der Waals surface area contributed by atoms with Crippen molar-refractivity contribution in [3.8, 4) is 0 Å². The Morgan fingerprint density at radius 3 is 2.70 bits per heavy atom. The third-order valence-electron chi connectivity index (χ3n) is 7.46. The largest absolute Gasteiger partial charge is 0.369 e. The Morgan fingerprint density at radius 2 is 1.98 bits per heavy atom. The molecule has 2 aliphatic rings. The van der Waals surface area contributed by atoms with Gasteiger partial charge < -0.3 is 20.7 Å². The fourth-order valence-corrected chi connectivity index (χ4v) is 5.17. The number of benzene rings is 1. The molecule has 0 saturated carbocycles. The summed E-state index contributed by atoms with van der Waals surface area (Å²) in [6.45, 7) is 2.66. The zero-order valence-electron chi connectivity index (χ0n) is 22.8. The highest BCUT2D eigenvalue weighted by Gasteiger charge is 2.44. The van der Waals surface area contributed by atoms with E-state index in [0.717, 1.165) is 16.8 Å². The van der Waals surface area contributed by atoms with E-state index >= 15 is 0 Å². The lowest BCUT2D eigenvalue weighted by molar-refractivity contribution is -0.134. The van der Waals surface area contributed by atoms with Crippen LogP contribution in [-0.2, 0) is 43.3 Å². The van der Waals surface area contributed by atoms with Crippen molar-refractivity contribution in [2.45, 2.75) is 64.2 Å². The van der Waals surface area contributed by atoms with E-state index < -0.39 is 36.6 Å². The first-order chi connectivity index (χ1) is 19.3. The molecule has 0 aliphatic carbocycles. The summed E-state index contributed by atoms with van der Waals surface area (Å²) in [5, 5.41) is 8.41. The van der Waals surface area contributed by atoms with Gasteiger partial charge in [0.2, 0.25) is 23.6 Å². The number of aromatic nitrogens is 1. The lowest BCUT2D eigenvalue weighted by atomic mass is 9.97. The Kier molecular flexibility index (Phi) is 9.81. The quantitative estimate of drug-likeness (QED) is 0.343. The minimum absolute atomic E-state index is 0.209. The van der Waals surface area contributed by atoms with Crippen molar-refractivity contribution in [3.05, 3.63) is 59.4 Å². The van der Waals surface area contributed by atoms with Gasteiger partial charge in [0, 0.05) is 12.6 Å². The van der Waals surface area contributed by atoms with Crippen LogP contribution in [0, 0.1) is 5.92 Å². The van der Waals surface area contributed by atoms with Crippen LogP contribution in [0.5, 0.6) is 0 Å². The number of hydrogen-bond donors (Lipinski definition) is 3. The second kappa shape index (κ2) is 13.5. The van der Waals surface area contributed by atoms with Gasteiger partial charge in [0.1, 0.15) is 31.4 Å². The van der Waals surface area contributed by atoms with Crippen LogP contribution in [0.4, 0.5) is 10.1 Å². The van der Waals surface area contributed by atoms with Crippen molar-refractivity contribution in [2.75, 3.05) is 24.8 Å². The molecule has 0 radical (unpaired) electrons. The molecule has 4 atom stereocenters. The summed E-state index contributed by atoms with van der Waals surface area (Å²) < 4.78 is 17.3. The Morgan fingerprint density at radius 1 is 1.18 bits per heavy atom. The van der Waals surface area contributed by atoms with E-state index in [-0.39, 0.29) is 37.5 Å². The van der Waals surface area contributed by atoms with Crippen molar-refractivity contribution < 1.29 is 28.3 Å². The summed E-state index contributed by atoms with van der Waals surface area (Å²) in [6.07, 6.45) is 3.50. The van der Waals surface area contributed by atoms with Crippen LogP contribution in [0.15, 0.2) is 42.6 Å². The van der Waals surface area contributed by atoms with E-state index in [2.05, 4.69) is 20.9 Å². The fraction of sp³-hybridized carbons (Fsp3) is 0.483. The zero-order valence-corrected chi connectivity index (χ0v) is 22.8. The average molecular weight is 554 g/mol. The number of halogens is 1. The molecule has 10 nitrogen and oxygen atoms in total. The normalized spacial score (nSPS) is 19.3. The van der Waals surface area contributed by atoms with Crippen molar-refractivity contribution >= 4 is 29.3 Å². The van der Waals surface area contributed by atoms with E-state index in [4.69, 9.17) is 4.74 Å². The number of nitrogens with zero attached hydrogens (tertiary/aromatic N) is 2. The standard InChI is InChI=1S/C29H36FN5O5/c1-3-18(2)25(34-24(36)17-40-14-12-30)28(38)33-22-11-10-19-7-6-8-20-15-23(35(26(19)20)29(22)39)27(37)32-16-21-9-4-5-13-31-21/h4-9,13,18,22-23,25H,3,10-12,14-17H2,1-2H3,(H,32,37)(H,33,38)(H,34,36)/t18-,22-,23-,25-/m0/s1. The monoisotopic (exact) mass is 553 g/mol. The summed E-state index contributed by atoms with van der Waals surface area (Å²) in [7, 11) is 0. The topological polar surface area (TPSA) is 130 Å². The highest BCUT2D eigenvalue weighted by molar-refractivity contribution is 6.08. The number of carbonyl (C=O) groups excluding carboxylic acids is 4. The first-order valence-corrected chi connectivity index (χ1v) is 13.7. The van der Waals surface area contributed by atoms with Gasteiger partial charge in [-0.15, -0.1) is 0 Å². The maximum Gasteiger partial charge on any atom is 0.250 e. The van der Waals surface area contributed by atoms with Crippen LogP contribution in [0.1, 0.15) is 43.5 Å². The third-order valence-corrected chi connectivity index (χ3v) is 7.46. The van der Waals surface area contributed by atoms with Crippen LogP contribution in [0.25, 0.3) is 0 Å². The van der Waals surface area contributed by atoms with Crippen LogP contribution >= 0.6 is 0 Å². The van der Waals surface area contributed by atoms with Gasteiger partial charge >= 0.3 is 0 Å². The minimum atomic E-state index is -0.906. The molecule has 2 aromatic rings. The molecule has 1 aromatic heterocycles. The SMILES string of the molecule is CC[C@H](C)[C@H](NC(=O)COCCF)C(=O)N[C@H]1CCc2cccc3c2N(C1=O)[C@H](C(=O)NCc1ccccn1)C3. The Bertz CT molecular complexity index is 1230. The number of carbonyl (C=O) groups is 4. The maximum atomic E-state index is 13.9. The molecule has 40 heavy (non-hydrogen) atoms. The first kappa shape index (κ1) is 29.1. The predicted molar refractivity (Wildman–Crippen MR) is 146 cm³/mol. The first-order valence-electron chi connectivity index (χ1n) is 13.7. The molecule has 2 aliphatic heterocycles. The molecule has 11 heteroatoms. The van der Waals surface area contributed by atoms with Crippen molar-refractivity contribution in [1.29, 1.82) is 0 Å². The van der Waals surface area contributed by atoms with Gasteiger partial charge in [-0.1, -0.05) is 44.5 Å². The van der Waals surface area contributed by atoms with Crippen LogP contribution in [0.2, 0.25) is 0 Å². The number of alkyl halides is 1. The van der Waals surface area contributed by atoms with E-state index in [1.807, 2.05) is 44.2 Å². The molecule has 0 bridgehead atoms. The summed E-state index contributed by atoms with van der Waals surface area (Å²) in [5.41, 5.74) is 3.29. The third kappa shape index (κ3) is 6.64. The van der Waals surface area contributed by atoms with Crippen molar-refractivity contribution in [3.63, 3.8) is 0 Å². The van der Waals surface area contributed by atoms with Gasteiger partial charge in [-0.05, 0) is 42.0 Å². The minimum Gasteiger partial charge on any atom is -0.369 e. The molecule has 4 rings (SSSR count). The van der Waals surface area contributed by atoms with Gasteiger partial charge in [0.15, 0.2) is 0 Å². The molecule has 0 saturated heterocycles. The summed E-state index contributed by atoms with van der Waals surface area (Å²) in [5.74, 6) is -1.93. The number of nitrogens with one attached hydrogen (secondary N) is 3. The summed E-state index contributed by atoms with van der Waals surface area (Å²) in [6, 6.07) is 8.67. The van der Waals surface area contributed by atoms with Crippen molar-refractivity contribution in [2.24, 2.45) is 5.92 Å². The summed E-state index contributed by atoms with van der Waals surface area (Å²) in [4.78, 5) is 58.8. The molecule has 214 valence electrons. The number of anilines is 1. The van der Waals surface area contributed by atoms with E-state index in [9.17, 15) is 23.6 Å². The average Bonchev–Trinajstić information content (AvgIpc) is 3.30. The predicted octanol–water partition coefficient (Wildman–Crippen LogP) is 1.60. The van der Waals surface area contributed by atoms with Crippen LogP contribution < -0.4 is 20.9 Å². The molecule has 1 aromatic carbocycles. The Labute approximate surface area is 233 Å². The Balaban J connectivity index is 1.50. The number of para-hydroxylation sites is 1. The van der Waals surface area contributed by atoms with Gasteiger partial charge in [-0.25, -0.2) is 4.39 Å². The molecule has 3 heterocycles.